The number of aryl methyl sites for hydroxylation is 2. The predicted octanol–water partition coefficient (Wildman–Crippen LogP) is 8.77. The predicted molar refractivity (Wildman–Crippen MR) is 193 cm³/mol. The molecule has 0 aliphatic rings. The van der Waals surface area contributed by atoms with E-state index in [1.165, 1.54) is 0 Å². The van der Waals surface area contributed by atoms with E-state index in [0.29, 0.717) is 32.3 Å². The van der Waals surface area contributed by atoms with Crippen LogP contribution in [0.3, 0.4) is 0 Å². The lowest BCUT2D eigenvalue weighted by molar-refractivity contribution is -0.131. The van der Waals surface area contributed by atoms with E-state index in [9.17, 15) is 14.4 Å². The molecule has 0 aliphatic carbocycles. The highest BCUT2D eigenvalue weighted by atomic mass is 16.5. The SMILES string of the molecule is CCC=CCC=CCC=CCC=CCC=CCC=CCCC(=O)NCC(=O)CNC(=O)C(C)(C)CCCOc1cc(C)ccc1C. The zero-order chi connectivity index (χ0) is 33.9. The van der Waals surface area contributed by atoms with E-state index in [0.717, 1.165) is 55.4 Å². The Morgan fingerprint density at radius 2 is 1.26 bits per heavy atom. The smallest absolute Gasteiger partial charge is 0.226 e. The fourth-order valence-electron chi connectivity index (χ4n) is 4.29. The summed E-state index contributed by atoms with van der Waals surface area (Å²) in [5.41, 5.74) is 1.60. The molecule has 0 bridgehead atoms. The van der Waals surface area contributed by atoms with Gasteiger partial charge in [0.25, 0.3) is 0 Å². The maximum absolute atomic E-state index is 12.7. The normalized spacial score (nSPS) is 12.5. The average Bonchev–Trinajstić information content (AvgIpc) is 3.03. The van der Waals surface area contributed by atoms with Gasteiger partial charge in [0.05, 0.1) is 19.7 Å². The lowest BCUT2D eigenvalue weighted by atomic mass is 9.87. The number of amides is 2. The van der Waals surface area contributed by atoms with E-state index in [1.807, 2.05) is 52.0 Å². The number of nitrogens with one attached hydrogen (secondary N) is 2. The van der Waals surface area contributed by atoms with Crippen LogP contribution in [-0.4, -0.2) is 37.3 Å². The van der Waals surface area contributed by atoms with Gasteiger partial charge in [-0.15, -0.1) is 0 Å². The van der Waals surface area contributed by atoms with Crippen molar-refractivity contribution in [3.8, 4) is 5.75 Å². The molecule has 0 saturated heterocycles. The van der Waals surface area contributed by atoms with Crippen LogP contribution in [0.5, 0.6) is 5.75 Å². The first-order chi connectivity index (χ1) is 22.2. The molecule has 1 aromatic rings. The quantitative estimate of drug-likeness (QED) is 0.0883. The van der Waals surface area contributed by atoms with E-state index in [2.05, 4.69) is 84.4 Å². The van der Waals surface area contributed by atoms with Crippen molar-refractivity contribution in [2.45, 2.75) is 98.8 Å². The molecule has 46 heavy (non-hydrogen) atoms. The van der Waals surface area contributed by atoms with E-state index in [1.54, 1.807) is 0 Å². The van der Waals surface area contributed by atoms with Crippen molar-refractivity contribution in [2.75, 3.05) is 19.7 Å². The summed E-state index contributed by atoms with van der Waals surface area (Å²) in [7, 11) is 0. The van der Waals surface area contributed by atoms with Crippen LogP contribution in [0.15, 0.2) is 91.1 Å². The van der Waals surface area contributed by atoms with Gasteiger partial charge in [-0.1, -0.05) is 106 Å². The van der Waals surface area contributed by atoms with Gasteiger partial charge in [-0.2, -0.15) is 0 Å². The molecule has 0 saturated carbocycles. The summed E-state index contributed by atoms with van der Waals surface area (Å²) in [5.74, 6) is 0.275. The molecule has 0 heterocycles. The van der Waals surface area contributed by atoms with Gasteiger partial charge in [-0.25, -0.2) is 0 Å². The molecule has 2 amide bonds. The number of allylic oxidation sites excluding steroid dienone is 12. The van der Waals surface area contributed by atoms with E-state index in [-0.39, 0.29) is 30.7 Å². The summed E-state index contributed by atoms with van der Waals surface area (Å²) >= 11 is 0. The first-order valence-corrected chi connectivity index (χ1v) is 16.8. The monoisotopic (exact) mass is 630 g/mol. The largest absolute Gasteiger partial charge is 0.493 e. The Kier molecular flexibility index (Phi) is 22.0. The molecule has 0 fully saturated rings. The summed E-state index contributed by atoms with van der Waals surface area (Å²) in [5, 5.41) is 5.37. The van der Waals surface area contributed by atoms with Crippen LogP contribution < -0.4 is 15.4 Å². The van der Waals surface area contributed by atoms with Gasteiger partial charge in [0, 0.05) is 11.8 Å². The molecule has 0 unspecified atom stereocenters. The summed E-state index contributed by atoms with van der Waals surface area (Å²) in [6.45, 7) is 10.2. The topological polar surface area (TPSA) is 84.5 Å². The van der Waals surface area contributed by atoms with Crippen molar-refractivity contribution in [1.82, 2.24) is 10.6 Å². The number of rotatable bonds is 24. The molecule has 2 N–H and O–H groups in total. The molecule has 0 aromatic heterocycles. The Morgan fingerprint density at radius 1 is 0.739 bits per heavy atom. The molecular weight excluding hydrogens is 572 g/mol. The third-order valence-electron chi connectivity index (χ3n) is 7.23. The van der Waals surface area contributed by atoms with Crippen LogP contribution in [0, 0.1) is 19.3 Å². The summed E-state index contributed by atoms with van der Waals surface area (Å²) in [6, 6.07) is 6.10. The van der Waals surface area contributed by atoms with Gasteiger partial charge < -0.3 is 15.4 Å². The second-order valence-electron chi connectivity index (χ2n) is 12.1. The van der Waals surface area contributed by atoms with Crippen LogP contribution in [0.4, 0.5) is 0 Å². The molecule has 0 atom stereocenters. The van der Waals surface area contributed by atoms with Crippen molar-refractivity contribution in [1.29, 1.82) is 0 Å². The number of carbonyl (C=O) groups excluding carboxylic acids is 3. The number of ketones is 1. The first-order valence-electron chi connectivity index (χ1n) is 16.8. The summed E-state index contributed by atoms with van der Waals surface area (Å²) in [4.78, 5) is 37.0. The Hall–Kier alpha value is -3.93. The molecular formula is C40H58N2O4. The summed E-state index contributed by atoms with van der Waals surface area (Å²) in [6.07, 6.45) is 33.8. The Bertz CT molecular complexity index is 1220. The lowest BCUT2D eigenvalue weighted by Gasteiger charge is -2.23. The molecule has 1 aromatic carbocycles. The second kappa shape index (κ2) is 25.3. The Balaban J connectivity index is 2.10. The molecule has 1 rings (SSSR count). The average molecular weight is 631 g/mol. The van der Waals surface area contributed by atoms with E-state index in [4.69, 9.17) is 4.74 Å². The first kappa shape index (κ1) is 40.1. The Morgan fingerprint density at radius 3 is 1.83 bits per heavy atom. The minimum atomic E-state index is -0.631. The number of ether oxygens (including phenoxy) is 1. The van der Waals surface area contributed by atoms with Crippen LogP contribution >= 0.6 is 0 Å². The fourth-order valence-corrected chi connectivity index (χ4v) is 4.29. The van der Waals surface area contributed by atoms with Gasteiger partial charge in [-0.05, 0) is 88.8 Å². The fraction of sp³-hybridized carbons (Fsp3) is 0.475. The van der Waals surface area contributed by atoms with Crippen LogP contribution in [0.1, 0.15) is 96.1 Å². The molecule has 0 aliphatic heterocycles. The number of Topliss-reactive ketones (excluding diaryl/α,β-unsaturated/α-hetero) is 1. The van der Waals surface area contributed by atoms with Gasteiger partial charge in [0.15, 0.2) is 5.78 Å². The summed E-state index contributed by atoms with van der Waals surface area (Å²) < 4.78 is 5.90. The molecule has 252 valence electrons. The highest BCUT2D eigenvalue weighted by molar-refractivity contribution is 5.91. The molecule has 6 nitrogen and oxygen atoms in total. The van der Waals surface area contributed by atoms with Gasteiger partial charge in [0.2, 0.25) is 11.8 Å². The van der Waals surface area contributed by atoms with E-state index < -0.39 is 5.41 Å². The lowest BCUT2D eigenvalue weighted by Crippen LogP contribution is -2.42. The third-order valence-corrected chi connectivity index (χ3v) is 7.23. The maximum Gasteiger partial charge on any atom is 0.226 e. The van der Waals surface area contributed by atoms with Crippen molar-refractivity contribution in [3.63, 3.8) is 0 Å². The zero-order valence-corrected chi connectivity index (χ0v) is 29.0. The maximum atomic E-state index is 12.7. The molecule has 0 radical (unpaired) electrons. The number of hydrogen-bond acceptors (Lipinski definition) is 4. The van der Waals surface area contributed by atoms with Crippen LogP contribution in [0.25, 0.3) is 0 Å². The number of carbonyl (C=O) groups is 3. The molecule has 6 heteroatoms. The van der Waals surface area contributed by atoms with E-state index >= 15 is 0 Å². The zero-order valence-electron chi connectivity index (χ0n) is 29.0. The van der Waals surface area contributed by atoms with Gasteiger partial charge in [0.1, 0.15) is 5.75 Å². The van der Waals surface area contributed by atoms with Crippen molar-refractivity contribution >= 4 is 17.6 Å². The van der Waals surface area contributed by atoms with Gasteiger partial charge in [-0.3, -0.25) is 14.4 Å². The number of hydrogen-bond donors (Lipinski definition) is 2. The highest BCUT2D eigenvalue weighted by Gasteiger charge is 2.27. The van der Waals surface area contributed by atoms with Crippen molar-refractivity contribution in [2.24, 2.45) is 5.41 Å². The van der Waals surface area contributed by atoms with Crippen LogP contribution in [-0.2, 0) is 14.4 Å². The minimum absolute atomic E-state index is 0.0903. The Labute approximate surface area is 278 Å². The van der Waals surface area contributed by atoms with Crippen molar-refractivity contribution in [3.05, 3.63) is 102 Å². The minimum Gasteiger partial charge on any atom is -0.493 e. The standard InChI is InChI=1S/C40H58N2O4/c1-6-7-8-9-10-11-12-13-14-15-16-17-18-19-20-21-22-23-24-26-38(44)41-32-36(43)33-42-39(45)40(4,5)29-25-30-46-37-31-34(2)27-28-35(37)3/h7-8,10-11,13-14,16-17,19-20,22-23,27-28,31H,6,9,12,15,18,21,24-26,29-30,32-33H2,1-5H3,(H,41,44)(H,42,45). The third kappa shape index (κ3) is 20.9. The highest BCUT2D eigenvalue weighted by Crippen LogP contribution is 2.24. The second-order valence-corrected chi connectivity index (χ2v) is 12.1. The van der Waals surface area contributed by atoms with Crippen LogP contribution in [0.2, 0.25) is 0 Å². The van der Waals surface area contributed by atoms with Gasteiger partial charge >= 0.3 is 0 Å². The van der Waals surface area contributed by atoms with Crippen molar-refractivity contribution < 1.29 is 19.1 Å². The number of benzene rings is 1. The molecule has 0 spiro atoms.